The third kappa shape index (κ3) is 3.97. The first-order valence-corrected chi connectivity index (χ1v) is 9.65. The number of pyridine rings is 1. The molecule has 1 N–H and O–H groups in total. The molecule has 0 bridgehead atoms. The zero-order valence-electron chi connectivity index (χ0n) is 15.7. The van der Waals surface area contributed by atoms with Crippen LogP contribution in [0.3, 0.4) is 0 Å². The van der Waals surface area contributed by atoms with Crippen molar-refractivity contribution in [1.29, 1.82) is 0 Å². The number of carbonyl (C=O) groups is 1. The number of aliphatic hydroxyl groups is 1. The molecule has 4 rings (SSSR count). The van der Waals surface area contributed by atoms with E-state index in [2.05, 4.69) is 14.5 Å². The van der Waals surface area contributed by atoms with Crippen LogP contribution in [0.5, 0.6) is 0 Å². The standard InChI is InChI=1S/C22H24N4O2/c27-20(17-6-2-1-3-7-17)22(28)25-13-9-18(10-14-25)21-24-12-15-26(21)16-19-8-4-5-11-23-19/h1-8,11-12,15,18,20,27H,9-10,13-14,16H2/t20-/m0/s1. The highest BCUT2D eigenvalue weighted by Gasteiger charge is 2.30. The van der Waals surface area contributed by atoms with Crippen LogP contribution in [-0.2, 0) is 11.3 Å². The normalized spacial score (nSPS) is 16.1. The largest absolute Gasteiger partial charge is 0.378 e. The molecule has 3 heterocycles. The lowest BCUT2D eigenvalue weighted by Crippen LogP contribution is -2.41. The second-order valence-electron chi connectivity index (χ2n) is 7.15. The van der Waals surface area contributed by atoms with E-state index in [4.69, 9.17) is 0 Å². The molecule has 1 fully saturated rings. The lowest BCUT2D eigenvalue weighted by molar-refractivity contribution is -0.141. The van der Waals surface area contributed by atoms with Crippen LogP contribution in [0.15, 0.2) is 67.1 Å². The monoisotopic (exact) mass is 376 g/mol. The third-order valence-electron chi connectivity index (χ3n) is 5.33. The van der Waals surface area contributed by atoms with Gasteiger partial charge in [-0.15, -0.1) is 0 Å². The SMILES string of the molecule is O=C([C@@H](O)c1ccccc1)N1CCC(c2nccn2Cc2ccccn2)CC1. The number of piperidine rings is 1. The Morgan fingerprint density at radius 3 is 2.50 bits per heavy atom. The molecule has 0 radical (unpaired) electrons. The molecular weight excluding hydrogens is 352 g/mol. The van der Waals surface area contributed by atoms with E-state index in [1.54, 1.807) is 23.2 Å². The van der Waals surface area contributed by atoms with Gasteiger partial charge in [-0.2, -0.15) is 0 Å². The van der Waals surface area contributed by atoms with Crippen molar-refractivity contribution in [2.24, 2.45) is 0 Å². The lowest BCUT2D eigenvalue weighted by atomic mass is 9.95. The number of carbonyl (C=O) groups excluding carboxylic acids is 1. The van der Waals surface area contributed by atoms with Crippen LogP contribution in [0.4, 0.5) is 0 Å². The number of aromatic nitrogens is 3. The first-order valence-electron chi connectivity index (χ1n) is 9.65. The summed E-state index contributed by atoms with van der Waals surface area (Å²) in [4.78, 5) is 23.4. The molecule has 1 atom stereocenters. The second-order valence-corrected chi connectivity index (χ2v) is 7.15. The van der Waals surface area contributed by atoms with Gasteiger partial charge in [-0.05, 0) is 30.5 Å². The van der Waals surface area contributed by atoms with Gasteiger partial charge in [0.1, 0.15) is 5.82 Å². The van der Waals surface area contributed by atoms with Crippen LogP contribution in [-0.4, -0.2) is 43.5 Å². The number of nitrogens with zero attached hydrogens (tertiary/aromatic N) is 4. The molecule has 28 heavy (non-hydrogen) atoms. The average molecular weight is 376 g/mol. The fourth-order valence-corrected chi connectivity index (χ4v) is 3.79. The Kier molecular flexibility index (Phi) is 5.48. The van der Waals surface area contributed by atoms with E-state index in [0.717, 1.165) is 24.4 Å². The first-order chi connectivity index (χ1) is 13.7. The van der Waals surface area contributed by atoms with Gasteiger partial charge in [0.25, 0.3) is 5.91 Å². The summed E-state index contributed by atoms with van der Waals surface area (Å²) >= 11 is 0. The van der Waals surface area contributed by atoms with Gasteiger partial charge in [0.15, 0.2) is 6.10 Å². The molecule has 0 saturated carbocycles. The minimum Gasteiger partial charge on any atom is -0.378 e. The van der Waals surface area contributed by atoms with E-state index in [1.165, 1.54) is 0 Å². The number of hydrogen-bond donors (Lipinski definition) is 1. The van der Waals surface area contributed by atoms with Crippen molar-refractivity contribution >= 4 is 5.91 Å². The predicted molar refractivity (Wildman–Crippen MR) is 106 cm³/mol. The summed E-state index contributed by atoms with van der Waals surface area (Å²) in [5, 5.41) is 10.4. The average Bonchev–Trinajstić information content (AvgIpc) is 3.22. The molecule has 144 valence electrons. The van der Waals surface area contributed by atoms with E-state index in [9.17, 15) is 9.90 Å². The molecule has 0 spiro atoms. The number of amides is 1. The Bertz CT molecular complexity index is 903. The van der Waals surface area contributed by atoms with Crippen molar-refractivity contribution in [2.75, 3.05) is 13.1 Å². The zero-order chi connectivity index (χ0) is 19.3. The maximum Gasteiger partial charge on any atom is 0.256 e. The number of benzene rings is 1. The molecule has 1 amide bonds. The van der Waals surface area contributed by atoms with Crippen LogP contribution in [0.1, 0.15) is 41.9 Å². The minimum absolute atomic E-state index is 0.221. The Morgan fingerprint density at radius 1 is 1.04 bits per heavy atom. The molecule has 1 saturated heterocycles. The Hall–Kier alpha value is -2.99. The van der Waals surface area contributed by atoms with E-state index in [0.29, 0.717) is 31.1 Å². The second kappa shape index (κ2) is 8.35. The molecular formula is C22H24N4O2. The smallest absolute Gasteiger partial charge is 0.256 e. The van der Waals surface area contributed by atoms with Gasteiger partial charge in [0, 0.05) is 37.6 Å². The van der Waals surface area contributed by atoms with Crippen molar-refractivity contribution in [2.45, 2.75) is 31.4 Å². The van der Waals surface area contributed by atoms with Gasteiger partial charge >= 0.3 is 0 Å². The molecule has 6 nitrogen and oxygen atoms in total. The molecule has 2 aromatic heterocycles. The Balaban J connectivity index is 1.38. The maximum absolute atomic E-state index is 12.6. The summed E-state index contributed by atoms with van der Waals surface area (Å²) in [6.45, 7) is 1.95. The van der Waals surface area contributed by atoms with E-state index in [1.807, 2.05) is 48.8 Å². The molecule has 6 heteroatoms. The van der Waals surface area contributed by atoms with Crippen molar-refractivity contribution in [3.8, 4) is 0 Å². The number of hydrogen-bond acceptors (Lipinski definition) is 4. The van der Waals surface area contributed by atoms with Crippen molar-refractivity contribution in [3.63, 3.8) is 0 Å². The number of likely N-dealkylation sites (tertiary alicyclic amines) is 1. The zero-order valence-corrected chi connectivity index (χ0v) is 15.7. The molecule has 0 unspecified atom stereocenters. The van der Waals surface area contributed by atoms with Gasteiger partial charge in [-0.3, -0.25) is 9.78 Å². The Morgan fingerprint density at radius 2 is 1.79 bits per heavy atom. The predicted octanol–water partition coefficient (Wildman–Crippen LogP) is 2.77. The van der Waals surface area contributed by atoms with Gasteiger partial charge in [0.05, 0.1) is 12.2 Å². The third-order valence-corrected chi connectivity index (χ3v) is 5.33. The van der Waals surface area contributed by atoms with E-state index < -0.39 is 6.10 Å². The molecule has 1 aliphatic rings. The molecule has 1 aromatic carbocycles. The molecule has 1 aliphatic heterocycles. The fourth-order valence-electron chi connectivity index (χ4n) is 3.79. The highest BCUT2D eigenvalue weighted by molar-refractivity contribution is 5.82. The summed E-state index contributed by atoms with van der Waals surface area (Å²) in [5.74, 6) is 1.12. The van der Waals surface area contributed by atoms with Crippen LogP contribution >= 0.6 is 0 Å². The van der Waals surface area contributed by atoms with Crippen LogP contribution in [0.25, 0.3) is 0 Å². The molecule has 0 aliphatic carbocycles. The van der Waals surface area contributed by atoms with Crippen LogP contribution < -0.4 is 0 Å². The van der Waals surface area contributed by atoms with Crippen molar-refractivity contribution in [1.82, 2.24) is 19.4 Å². The number of rotatable bonds is 5. The van der Waals surface area contributed by atoms with Gasteiger partial charge < -0.3 is 14.6 Å². The van der Waals surface area contributed by atoms with E-state index >= 15 is 0 Å². The first kappa shape index (κ1) is 18.4. The number of aliphatic hydroxyl groups excluding tert-OH is 1. The topological polar surface area (TPSA) is 71.2 Å². The van der Waals surface area contributed by atoms with Gasteiger partial charge in [0.2, 0.25) is 0 Å². The van der Waals surface area contributed by atoms with E-state index in [-0.39, 0.29) is 5.91 Å². The summed E-state index contributed by atoms with van der Waals surface area (Å²) in [6.07, 6.45) is 6.20. The fraction of sp³-hybridized carbons (Fsp3) is 0.318. The summed E-state index contributed by atoms with van der Waals surface area (Å²) in [6, 6.07) is 15.0. The Labute approximate surface area is 164 Å². The minimum atomic E-state index is -1.09. The quantitative estimate of drug-likeness (QED) is 0.743. The highest BCUT2D eigenvalue weighted by Crippen LogP contribution is 2.28. The number of imidazole rings is 1. The lowest BCUT2D eigenvalue weighted by Gasteiger charge is -2.33. The van der Waals surface area contributed by atoms with Gasteiger partial charge in [-0.1, -0.05) is 36.4 Å². The maximum atomic E-state index is 12.6. The summed E-state index contributed by atoms with van der Waals surface area (Å²) in [7, 11) is 0. The van der Waals surface area contributed by atoms with Crippen molar-refractivity contribution in [3.05, 3.63) is 84.2 Å². The molecule has 3 aromatic rings. The summed E-state index contributed by atoms with van der Waals surface area (Å²) in [5.41, 5.74) is 1.64. The van der Waals surface area contributed by atoms with Crippen LogP contribution in [0.2, 0.25) is 0 Å². The summed E-state index contributed by atoms with van der Waals surface area (Å²) < 4.78 is 2.14. The van der Waals surface area contributed by atoms with Gasteiger partial charge in [-0.25, -0.2) is 4.98 Å². The highest BCUT2D eigenvalue weighted by atomic mass is 16.3. The van der Waals surface area contributed by atoms with Crippen LogP contribution in [0, 0.1) is 0 Å². The van der Waals surface area contributed by atoms with Crippen molar-refractivity contribution < 1.29 is 9.90 Å².